The first-order chi connectivity index (χ1) is 6.63. The lowest BCUT2D eigenvalue weighted by Crippen LogP contribution is -2.17. The summed E-state index contributed by atoms with van der Waals surface area (Å²) in [6.07, 6.45) is 1.68. The summed E-state index contributed by atoms with van der Waals surface area (Å²) in [5.74, 6) is -0.779. The van der Waals surface area contributed by atoms with Crippen LogP contribution in [0.4, 0.5) is 5.95 Å². The molecule has 1 aromatic heterocycles. The zero-order chi connectivity index (χ0) is 10.6. The van der Waals surface area contributed by atoms with E-state index in [0.717, 1.165) is 0 Å². The van der Waals surface area contributed by atoms with Gasteiger partial charge < -0.3 is 5.73 Å². The highest BCUT2D eigenvalue weighted by Crippen LogP contribution is 2.00. The molecule has 2 amide bonds. The van der Waals surface area contributed by atoms with Gasteiger partial charge in [0.25, 0.3) is 5.91 Å². The molecular weight excluding hydrogens is 184 g/mol. The van der Waals surface area contributed by atoms with Crippen molar-refractivity contribution in [3.05, 3.63) is 18.0 Å². The minimum Gasteiger partial charge on any atom is -0.364 e. The van der Waals surface area contributed by atoms with Crippen LogP contribution in [0.5, 0.6) is 0 Å². The monoisotopic (exact) mass is 194 g/mol. The minimum atomic E-state index is -0.653. The molecule has 0 bridgehead atoms. The van der Waals surface area contributed by atoms with Gasteiger partial charge in [0.2, 0.25) is 11.9 Å². The van der Waals surface area contributed by atoms with Gasteiger partial charge >= 0.3 is 0 Å². The highest BCUT2D eigenvalue weighted by atomic mass is 16.2. The van der Waals surface area contributed by atoms with Crippen molar-refractivity contribution in [3.63, 3.8) is 0 Å². The number of nitrogens with one attached hydrogen (secondary N) is 1. The smallest absolute Gasteiger partial charge is 0.267 e. The van der Waals surface area contributed by atoms with E-state index in [1.807, 2.05) is 0 Å². The van der Waals surface area contributed by atoms with Crippen LogP contribution in [0.3, 0.4) is 0 Å². The lowest BCUT2D eigenvalue weighted by atomic mass is 10.4. The quantitative estimate of drug-likeness (QED) is 0.703. The second kappa shape index (κ2) is 4.31. The number of hydrogen-bond acceptors (Lipinski definition) is 4. The molecule has 1 rings (SSSR count). The van der Waals surface area contributed by atoms with Crippen molar-refractivity contribution in [3.8, 4) is 0 Å². The van der Waals surface area contributed by atoms with Crippen molar-refractivity contribution in [2.45, 2.75) is 13.3 Å². The molecule has 0 aliphatic heterocycles. The van der Waals surface area contributed by atoms with Crippen LogP contribution in [-0.4, -0.2) is 21.8 Å². The zero-order valence-electron chi connectivity index (χ0n) is 7.65. The van der Waals surface area contributed by atoms with Crippen molar-refractivity contribution < 1.29 is 9.59 Å². The van der Waals surface area contributed by atoms with E-state index in [0.29, 0.717) is 6.42 Å². The first-order valence-corrected chi connectivity index (χ1v) is 4.06. The van der Waals surface area contributed by atoms with E-state index in [-0.39, 0.29) is 17.5 Å². The van der Waals surface area contributed by atoms with Crippen molar-refractivity contribution >= 4 is 17.8 Å². The molecule has 0 saturated heterocycles. The van der Waals surface area contributed by atoms with Crippen LogP contribution in [0, 0.1) is 0 Å². The predicted octanol–water partition coefficient (Wildman–Crippen LogP) is -0.0760. The van der Waals surface area contributed by atoms with Gasteiger partial charge in [0.1, 0.15) is 5.69 Å². The van der Waals surface area contributed by atoms with Gasteiger partial charge in [-0.25, -0.2) is 9.97 Å². The van der Waals surface area contributed by atoms with Crippen molar-refractivity contribution in [1.82, 2.24) is 9.97 Å². The van der Waals surface area contributed by atoms with Crippen molar-refractivity contribution in [2.24, 2.45) is 5.73 Å². The molecule has 0 fully saturated rings. The van der Waals surface area contributed by atoms with E-state index in [2.05, 4.69) is 15.3 Å². The molecule has 0 radical (unpaired) electrons. The predicted molar refractivity (Wildman–Crippen MR) is 49.5 cm³/mol. The largest absolute Gasteiger partial charge is 0.364 e. The molecule has 0 saturated carbocycles. The molecule has 0 aliphatic rings. The Hall–Kier alpha value is -1.98. The summed E-state index contributed by atoms with van der Waals surface area (Å²) in [7, 11) is 0. The number of nitrogens with zero attached hydrogens (tertiary/aromatic N) is 2. The van der Waals surface area contributed by atoms with Gasteiger partial charge in [-0.15, -0.1) is 0 Å². The van der Waals surface area contributed by atoms with E-state index in [1.54, 1.807) is 6.92 Å². The van der Waals surface area contributed by atoms with E-state index >= 15 is 0 Å². The van der Waals surface area contributed by atoms with Crippen LogP contribution < -0.4 is 11.1 Å². The molecule has 74 valence electrons. The fraction of sp³-hybridized carbons (Fsp3) is 0.250. The molecule has 14 heavy (non-hydrogen) atoms. The number of nitrogens with two attached hydrogens (primary N) is 1. The summed E-state index contributed by atoms with van der Waals surface area (Å²) < 4.78 is 0. The fourth-order valence-corrected chi connectivity index (χ4v) is 0.769. The van der Waals surface area contributed by atoms with Gasteiger partial charge in [-0.2, -0.15) is 0 Å². The maximum absolute atomic E-state index is 11.0. The molecule has 6 heteroatoms. The molecule has 0 aliphatic carbocycles. The third-order valence-corrected chi connectivity index (χ3v) is 1.48. The molecule has 1 heterocycles. The maximum Gasteiger partial charge on any atom is 0.267 e. The average molecular weight is 194 g/mol. The highest BCUT2D eigenvalue weighted by molar-refractivity contribution is 5.92. The number of carbonyl (C=O) groups excluding carboxylic acids is 2. The second-order valence-electron chi connectivity index (χ2n) is 2.53. The Morgan fingerprint density at radius 3 is 2.86 bits per heavy atom. The molecule has 6 nitrogen and oxygen atoms in total. The number of hydrogen-bond donors (Lipinski definition) is 2. The van der Waals surface area contributed by atoms with E-state index in [1.165, 1.54) is 12.3 Å². The van der Waals surface area contributed by atoms with Crippen LogP contribution in [0.1, 0.15) is 23.8 Å². The van der Waals surface area contributed by atoms with Gasteiger partial charge in [-0.05, 0) is 6.07 Å². The fourth-order valence-electron chi connectivity index (χ4n) is 0.769. The normalized spacial score (nSPS) is 9.50. The van der Waals surface area contributed by atoms with Crippen molar-refractivity contribution in [1.29, 1.82) is 0 Å². The van der Waals surface area contributed by atoms with Gasteiger partial charge in [0.15, 0.2) is 0 Å². The Kier molecular flexibility index (Phi) is 3.11. The maximum atomic E-state index is 11.0. The first-order valence-electron chi connectivity index (χ1n) is 4.06. The third kappa shape index (κ3) is 2.51. The summed E-state index contributed by atoms with van der Waals surface area (Å²) >= 11 is 0. The minimum absolute atomic E-state index is 0.0754. The van der Waals surface area contributed by atoms with Crippen LogP contribution in [0.2, 0.25) is 0 Å². The standard InChI is InChI=1S/C8H10N4O2/c1-2-6(13)12-8-10-4-3-5(11-8)7(9)14/h3-4H,2H2,1H3,(H2,9,14)(H,10,11,12,13). The molecule has 3 N–H and O–H groups in total. The molecule has 0 atom stereocenters. The number of anilines is 1. The third-order valence-electron chi connectivity index (χ3n) is 1.48. The Balaban J connectivity index is 2.83. The van der Waals surface area contributed by atoms with E-state index in [9.17, 15) is 9.59 Å². The average Bonchev–Trinajstić information content (AvgIpc) is 2.18. The summed E-state index contributed by atoms with van der Waals surface area (Å²) in [6.45, 7) is 1.70. The number of amides is 2. The Morgan fingerprint density at radius 2 is 2.29 bits per heavy atom. The lowest BCUT2D eigenvalue weighted by molar-refractivity contribution is -0.115. The van der Waals surface area contributed by atoms with Gasteiger partial charge in [0.05, 0.1) is 0 Å². The molecule has 0 aromatic carbocycles. The number of rotatable bonds is 3. The Morgan fingerprint density at radius 1 is 1.57 bits per heavy atom. The van der Waals surface area contributed by atoms with Gasteiger partial charge in [-0.1, -0.05) is 6.92 Å². The highest BCUT2D eigenvalue weighted by Gasteiger charge is 2.05. The first kappa shape index (κ1) is 10.1. The van der Waals surface area contributed by atoms with Gasteiger partial charge in [0, 0.05) is 12.6 Å². The SMILES string of the molecule is CCC(=O)Nc1nccc(C(N)=O)n1. The molecule has 0 unspecified atom stereocenters. The summed E-state index contributed by atoms with van der Waals surface area (Å²) in [4.78, 5) is 29.2. The van der Waals surface area contributed by atoms with Crippen LogP contribution in [0.25, 0.3) is 0 Å². The molecular formula is C8H10N4O2. The Labute approximate surface area is 80.5 Å². The zero-order valence-corrected chi connectivity index (χ0v) is 7.65. The lowest BCUT2D eigenvalue weighted by Gasteiger charge is -2.01. The number of aromatic nitrogens is 2. The summed E-state index contributed by atoms with van der Waals surface area (Å²) in [5, 5.41) is 2.42. The molecule has 0 spiro atoms. The van der Waals surface area contributed by atoms with Crippen molar-refractivity contribution in [2.75, 3.05) is 5.32 Å². The summed E-state index contributed by atoms with van der Waals surface area (Å²) in [6, 6.07) is 1.38. The molecule has 1 aromatic rings. The van der Waals surface area contributed by atoms with Crippen LogP contribution in [-0.2, 0) is 4.79 Å². The van der Waals surface area contributed by atoms with E-state index in [4.69, 9.17) is 5.73 Å². The summed E-state index contributed by atoms with van der Waals surface area (Å²) in [5.41, 5.74) is 5.08. The second-order valence-corrected chi connectivity index (χ2v) is 2.53. The van der Waals surface area contributed by atoms with Crippen LogP contribution in [0.15, 0.2) is 12.3 Å². The Bertz CT molecular complexity index is 364. The number of carbonyl (C=O) groups is 2. The number of primary amides is 1. The van der Waals surface area contributed by atoms with E-state index < -0.39 is 5.91 Å². The van der Waals surface area contributed by atoms with Crippen LogP contribution >= 0.6 is 0 Å². The topological polar surface area (TPSA) is 98.0 Å². The van der Waals surface area contributed by atoms with Gasteiger partial charge in [-0.3, -0.25) is 14.9 Å².